The first-order valence-electron chi connectivity index (χ1n) is 7.37. The predicted molar refractivity (Wildman–Crippen MR) is 98.2 cm³/mol. The van der Waals surface area contributed by atoms with Crippen molar-refractivity contribution in [1.29, 1.82) is 0 Å². The molecule has 0 bridgehead atoms. The molecule has 1 heterocycles. The first-order valence-corrected chi connectivity index (χ1v) is 8.12. The van der Waals surface area contributed by atoms with Crippen molar-refractivity contribution in [3.63, 3.8) is 0 Å². The van der Waals surface area contributed by atoms with E-state index in [4.69, 9.17) is 27.7 Å². The van der Waals surface area contributed by atoms with Crippen LogP contribution in [0.4, 0.5) is 0 Å². The summed E-state index contributed by atoms with van der Waals surface area (Å²) in [6.45, 7) is 1.67. The smallest absolute Gasteiger partial charge is 0.277 e. The zero-order valence-electron chi connectivity index (χ0n) is 13.2. The summed E-state index contributed by atoms with van der Waals surface area (Å²) in [4.78, 5) is 12.5. The molecule has 0 atom stereocenters. The third-order valence-corrected chi connectivity index (χ3v) is 4.32. The second kappa shape index (κ2) is 7.51. The van der Waals surface area contributed by atoms with Gasteiger partial charge >= 0.3 is 0 Å². The molecule has 0 saturated heterocycles. The second-order valence-electron chi connectivity index (χ2n) is 5.17. The normalized spacial score (nSPS) is 11.0. The molecule has 0 fully saturated rings. The lowest BCUT2D eigenvalue weighted by molar-refractivity contribution is 0.0954. The van der Waals surface area contributed by atoms with Crippen LogP contribution in [-0.4, -0.2) is 17.3 Å². The molecule has 0 radical (unpaired) electrons. The molecule has 0 saturated carbocycles. The number of amides is 1. The van der Waals surface area contributed by atoms with Crippen LogP contribution < -0.4 is 5.43 Å². The molecule has 5 nitrogen and oxygen atoms in total. The second-order valence-corrected chi connectivity index (χ2v) is 5.96. The highest BCUT2D eigenvalue weighted by molar-refractivity contribution is 6.43. The summed E-state index contributed by atoms with van der Waals surface area (Å²) in [5, 5.41) is 8.69. The fourth-order valence-corrected chi connectivity index (χ4v) is 2.63. The Bertz CT molecular complexity index is 937. The van der Waals surface area contributed by atoms with E-state index in [1.165, 1.54) is 6.21 Å². The van der Waals surface area contributed by atoms with Crippen molar-refractivity contribution in [3.8, 4) is 11.3 Å². The molecule has 0 aliphatic heterocycles. The summed E-state index contributed by atoms with van der Waals surface area (Å²) in [6, 6.07) is 14.5. The Labute approximate surface area is 154 Å². The number of hydrazone groups is 1. The van der Waals surface area contributed by atoms with Crippen LogP contribution in [0.25, 0.3) is 11.3 Å². The minimum Gasteiger partial charge on any atom is -0.360 e. The molecule has 1 N–H and O–H groups in total. The molecule has 126 valence electrons. The van der Waals surface area contributed by atoms with Crippen molar-refractivity contribution < 1.29 is 9.32 Å². The van der Waals surface area contributed by atoms with Gasteiger partial charge in [-0.25, -0.2) is 5.43 Å². The molecule has 0 aliphatic carbocycles. The number of aryl methyl sites for hydroxylation is 1. The topological polar surface area (TPSA) is 67.5 Å². The molecule has 25 heavy (non-hydrogen) atoms. The quantitative estimate of drug-likeness (QED) is 0.531. The van der Waals surface area contributed by atoms with Crippen molar-refractivity contribution in [2.24, 2.45) is 5.10 Å². The Balaban J connectivity index is 1.82. The summed E-state index contributed by atoms with van der Waals surface area (Å²) in [6.07, 6.45) is 1.43. The zero-order chi connectivity index (χ0) is 17.8. The SMILES string of the molecule is Cc1onc(-c2ccccc2)c1C(=O)N/N=C/c1cccc(Cl)c1Cl. The van der Waals surface area contributed by atoms with Crippen LogP contribution in [0.1, 0.15) is 21.7 Å². The van der Waals surface area contributed by atoms with E-state index in [1.807, 2.05) is 30.3 Å². The van der Waals surface area contributed by atoms with E-state index in [1.54, 1.807) is 25.1 Å². The van der Waals surface area contributed by atoms with Crippen LogP contribution in [0.2, 0.25) is 10.0 Å². The molecule has 3 aromatic rings. The first-order chi connectivity index (χ1) is 12.1. The van der Waals surface area contributed by atoms with Crippen molar-refractivity contribution in [2.45, 2.75) is 6.92 Å². The molecular weight excluding hydrogens is 361 g/mol. The lowest BCUT2D eigenvalue weighted by atomic mass is 10.1. The minimum absolute atomic E-state index is 0.334. The van der Waals surface area contributed by atoms with Gasteiger partial charge in [-0.05, 0) is 13.0 Å². The number of hydrogen-bond donors (Lipinski definition) is 1. The third kappa shape index (κ3) is 3.73. The van der Waals surface area contributed by atoms with Gasteiger partial charge in [0.25, 0.3) is 5.91 Å². The highest BCUT2D eigenvalue weighted by atomic mass is 35.5. The molecule has 0 unspecified atom stereocenters. The molecule has 3 rings (SSSR count). The van der Waals surface area contributed by atoms with Gasteiger partial charge in [0.1, 0.15) is 17.0 Å². The number of benzene rings is 2. The zero-order valence-corrected chi connectivity index (χ0v) is 14.7. The molecule has 0 spiro atoms. The fraction of sp³-hybridized carbons (Fsp3) is 0.0556. The van der Waals surface area contributed by atoms with Crippen LogP contribution in [0.5, 0.6) is 0 Å². The number of carbonyl (C=O) groups is 1. The number of rotatable bonds is 4. The standard InChI is InChI=1S/C18H13Cl2N3O2/c1-11-15(17(23-25-11)12-6-3-2-4-7-12)18(24)22-21-10-13-8-5-9-14(19)16(13)20/h2-10H,1H3,(H,22,24)/b21-10+. The van der Waals surface area contributed by atoms with Crippen LogP contribution in [-0.2, 0) is 0 Å². The summed E-state index contributed by atoms with van der Waals surface area (Å²) in [7, 11) is 0. The van der Waals surface area contributed by atoms with E-state index < -0.39 is 5.91 Å². The third-order valence-electron chi connectivity index (χ3n) is 3.49. The maximum absolute atomic E-state index is 12.5. The van der Waals surface area contributed by atoms with Gasteiger partial charge in [0.15, 0.2) is 0 Å². The van der Waals surface area contributed by atoms with Gasteiger partial charge in [0, 0.05) is 11.1 Å². The van der Waals surface area contributed by atoms with Crippen molar-refractivity contribution in [1.82, 2.24) is 10.6 Å². The monoisotopic (exact) mass is 373 g/mol. The van der Waals surface area contributed by atoms with E-state index in [2.05, 4.69) is 15.7 Å². The van der Waals surface area contributed by atoms with Gasteiger partial charge in [0.05, 0.1) is 16.3 Å². The van der Waals surface area contributed by atoms with Crippen molar-refractivity contribution >= 4 is 35.3 Å². The molecule has 1 aromatic heterocycles. The van der Waals surface area contributed by atoms with E-state index in [9.17, 15) is 4.79 Å². The number of carbonyl (C=O) groups excluding carboxylic acids is 1. The Morgan fingerprint density at radius 3 is 2.68 bits per heavy atom. The van der Waals surface area contributed by atoms with E-state index in [0.717, 1.165) is 5.56 Å². The highest BCUT2D eigenvalue weighted by Crippen LogP contribution is 2.25. The number of aromatic nitrogens is 1. The average molecular weight is 374 g/mol. The van der Waals surface area contributed by atoms with Gasteiger partial charge in [-0.15, -0.1) is 0 Å². The Morgan fingerprint density at radius 1 is 1.16 bits per heavy atom. The maximum Gasteiger partial charge on any atom is 0.277 e. The largest absolute Gasteiger partial charge is 0.360 e. The number of nitrogens with one attached hydrogen (secondary N) is 1. The number of hydrogen-bond acceptors (Lipinski definition) is 4. The van der Waals surface area contributed by atoms with Gasteiger partial charge in [-0.3, -0.25) is 4.79 Å². The van der Waals surface area contributed by atoms with E-state index in [-0.39, 0.29) is 0 Å². The number of halogens is 2. The maximum atomic E-state index is 12.5. The highest BCUT2D eigenvalue weighted by Gasteiger charge is 2.21. The van der Waals surface area contributed by atoms with Gasteiger partial charge < -0.3 is 4.52 Å². The van der Waals surface area contributed by atoms with E-state index >= 15 is 0 Å². The molecule has 0 aliphatic rings. The Morgan fingerprint density at radius 2 is 1.92 bits per heavy atom. The van der Waals surface area contributed by atoms with Crippen LogP contribution >= 0.6 is 23.2 Å². The summed E-state index contributed by atoms with van der Waals surface area (Å²) >= 11 is 12.0. The van der Waals surface area contributed by atoms with Crippen LogP contribution in [0.15, 0.2) is 58.2 Å². The van der Waals surface area contributed by atoms with Crippen molar-refractivity contribution in [2.75, 3.05) is 0 Å². The molecular formula is C18H13Cl2N3O2. The summed E-state index contributed by atoms with van der Waals surface area (Å²) in [5.74, 6) is -0.0145. The van der Waals surface area contributed by atoms with Crippen molar-refractivity contribution in [3.05, 3.63) is 75.5 Å². The Kier molecular flexibility index (Phi) is 5.16. The van der Waals surface area contributed by atoms with Gasteiger partial charge in [-0.2, -0.15) is 5.10 Å². The lowest BCUT2D eigenvalue weighted by Crippen LogP contribution is -2.18. The minimum atomic E-state index is -0.424. The molecule has 2 aromatic carbocycles. The fourth-order valence-electron chi connectivity index (χ4n) is 2.27. The van der Waals surface area contributed by atoms with Gasteiger partial charge in [0.2, 0.25) is 0 Å². The summed E-state index contributed by atoms with van der Waals surface area (Å²) in [5.41, 5.74) is 4.64. The molecule has 7 heteroatoms. The number of nitrogens with zero attached hydrogens (tertiary/aromatic N) is 2. The predicted octanol–water partition coefficient (Wildman–Crippen LogP) is 4.72. The van der Waals surface area contributed by atoms with E-state index in [0.29, 0.717) is 32.6 Å². The lowest BCUT2D eigenvalue weighted by Gasteiger charge is -2.02. The Hall–Kier alpha value is -2.63. The summed E-state index contributed by atoms with van der Waals surface area (Å²) < 4.78 is 5.17. The van der Waals surface area contributed by atoms with Crippen LogP contribution in [0, 0.1) is 6.92 Å². The molecule has 1 amide bonds. The first kappa shape index (κ1) is 17.2. The average Bonchev–Trinajstić information content (AvgIpc) is 3.01. The van der Waals surface area contributed by atoms with Gasteiger partial charge in [-0.1, -0.05) is 70.8 Å². The van der Waals surface area contributed by atoms with Crippen LogP contribution in [0.3, 0.4) is 0 Å².